The van der Waals surface area contributed by atoms with Crippen LogP contribution in [0.4, 0.5) is 0 Å². The van der Waals surface area contributed by atoms with Crippen LogP contribution in [0.15, 0.2) is 34.7 Å². The van der Waals surface area contributed by atoms with Gasteiger partial charge in [0.1, 0.15) is 0 Å². The highest BCUT2D eigenvalue weighted by molar-refractivity contribution is 7.12. The fourth-order valence-electron chi connectivity index (χ4n) is 2.37. The van der Waals surface area contributed by atoms with Gasteiger partial charge in [0, 0.05) is 24.2 Å². The molecule has 0 aromatic carbocycles. The van der Waals surface area contributed by atoms with E-state index in [1.807, 2.05) is 9.95 Å². The van der Waals surface area contributed by atoms with Crippen molar-refractivity contribution in [3.8, 4) is 11.0 Å². The fourth-order valence-corrected chi connectivity index (χ4v) is 3.01. The van der Waals surface area contributed by atoms with Crippen LogP contribution in [0.2, 0.25) is 0 Å². The standard InChI is InChI=1S/C13H9N3O2S/c17-10-8-2-1-4-14-11(8)16(13-15-5-7-19-13)12-9(10)3-6-18-12/h1-2,4-5,7H,3,6H2. The number of rotatable bonds is 1. The van der Waals surface area contributed by atoms with Gasteiger partial charge < -0.3 is 4.74 Å². The van der Waals surface area contributed by atoms with Crippen LogP contribution in [0, 0.1) is 0 Å². The zero-order chi connectivity index (χ0) is 12.8. The average Bonchev–Trinajstić information content (AvgIpc) is 3.10. The highest BCUT2D eigenvalue weighted by Crippen LogP contribution is 2.30. The van der Waals surface area contributed by atoms with Gasteiger partial charge in [0.15, 0.2) is 16.2 Å². The van der Waals surface area contributed by atoms with E-state index in [0.29, 0.717) is 29.9 Å². The number of ether oxygens (including phenoxy) is 1. The predicted molar refractivity (Wildman–Crippen MR) is 72.2 cm³/mol. The minimum absolute atomic E-state index is 0.0170. The molecule has 4 rings (SSSR count). The summed E-state index contributed by atoms with van der Waals surface area (Å²) in [5, 5.41) is 3.27. The second kappa shape index (κ2) is 3.89. The number of hydrogen-bond donors (Lipinski definition) is 0. The SMILES string of the molecule is O=c1c2c(n(-c3nccs3)c3ncccc13)OCC2. The second-order valence-electron chi connectivity index (χ2n) is 4.24. The number of pyridine rings is 2. The summed E-state index contributed by atoms with van der Waals surface area (Å²) in [7, 11) is 0. The Morgan fingerprint density at radius 1 is 1.32 bits per heavy atom. The van der Waals surface area contributed by atoms with E-state index in [4.69, 9.17) is 4.74 Å². The van der Waals surface area contributed by atoms with E-state index < -0.39 is 0 Å². The van der Waals surface area contributed by atoms with Crippen molar-refractivity contribution in [2.45, 2.75) is 6.42 Å². The maximum Gasteiger partial charge on any atom is 0.209 e. The third-order valence-corrected chi connectivity index (χ3v) is 3.94. The molecule has 94 valence electrons. The minimum atomic E-state index is 0.0170. The number of hydrogen-bond acceptors (Lipinski definition) is 5. The molecule has 3 aromatic rings. The number of thiazole rings is 1. The molecule has 0 radical (unpaired) electrons. The van der Waals surface area contributed by atoms with E-state index in [0.717, 1.165) is 10.7 Å². The molecule has 0 atom stereocenters. The first-order valence-corrected chi connectivity index (χ1v) is 6.79. The molecule has 0 bridgehead atoms. The normalized spacial score (nSPS) is 13.5. The van der Waals surface area contributed by atoms with E-state index in [-0.39, 0.29) is 5.43 Å². The number of aromatic nitrogens is 3. The van der Waals surface area contributed by atoms with Crippen LogP contribution in [0.25, 0.3) is 16.2 Å². The van der Waals surface area contributed by atoms with Crippen molar-refractivity contribution in [3.05, 3.63) is 45.7 Å². The van der Waals surface area contributed by atoms with Gasteiger partial charge in [-0.15, -0.1) is 11.3 Å². The van der Waals surface area contributed by atoms with Crippen molar-refractivity contribution in [2.75, 3.05) is 6.61 Å². The highest BCUT2D eigenvalue weighted by Gasteiger charge is 2.24. The Kier molecular flexibility index (Phi) is 2.19. The first-order chi connectivity index (χ1) is 9.36. The summed E-state index contributed by atoms with van der Waals surface area (Å²) in [4.78, 5) is 21.0. The summed E-state index contributed by atoms with van der Waals surface area (Å²) in [6.45, 7) is 0.534. The number of fused-ring (bicyclic) bond motifs is 2. The molecule has 0 N–H and O–H groups in total. The van der Waals surface area contributed by atoms with E-state index in [1.54, 1.807) is 24.5 Å². The fraction of sp³-hybridized carbons (Fsp3) is 0.154. The molecule has 0 amide bonds. The molecular weight excluding hydrogens is 262 g/mol. The van der Waals surface area contributed by atoms with Gasteiger partial charge in [-0.05, 0) is 12.1 Å². The monoisotopic (exact) mass is 271 g/mol. The van der Waals surface area contributed by atoms with Gasteiger partial charge in [-0.3, -0.25) is 4.79 Å². The molecule has 0 spiro atoms. The molecule has 0 unspecified atom stereocenters. The summed E-state index contributed by atoms with van der Waals surface area (Å²) in [6, 6.07) is 3.57. The third-order valence-electron chi connectivity index (χ3n) is 3.18. The van der Waals surface area contributed by atoms with Gasteiger partial charge in [0.05, 0.1) is 17.6 Å². The quantitative estimate of drug-likeness (QED) is 0.677. The van der Waals surface area contributed by atoms with Crippen LogP contribution in [0.3, 0.4) is 0 Å². The second-order valence-corrected chi connectivity index (χ2v) is 5.11. The van der Waals surface area contributed by atoms with Crippen molar-refractivity contribution < 1.29 is 4.74 Å². The highest BCUT2D eigenvalue weighted by atomic mass is 32.1. The van der Waals surface area contributed by atoms with Crippen molar-refractivity contribution in [2.24, 2.45) is 0 Å². The third kappa shape index (κ3) is 1.43. The molecule has 0 aliphatic carbocycles. The summed E-state index contributed by atoms with van der Waals surface area (Å²) in [5.74, 6) is 0.589. The molecule has 4 heterocycles. The molecule has 0 saturated heterocycles. The summed E-state index contributed by atoms with van der Waals surface area (Å²) >= 11 is 1.49. The van der Waals surface area contributed by atoms with Crippen LogP contribution >= 0.6 is 11.3 Å². The lowest BCUT2D eigenvalue weighted by Gasteiger charge is -2.11. The molecule has 0 fully saturated rings. The smallest absolute Gasteiger partial charge is 0.209 e. The van der Waals surface area contributed by atoms with Crippen molar-refractivity contribution in [3.63, 3.8) is 0 Å². The van der Waals surface area contributed by atoms with E-state index in [1.165, 1.54) is 11.3 Å². The first kappa shape index (κ1) is 10.7. The Morgan fingerprint density at radius 2 is 2.26 bits per heavy atom. The first-order valence-electron chi connectivity index (χ1n) is 5.91. The zero-order valence-electron chi connectivity index (χ0n) is 9.87. The van der Waals surface area contributed by atoms with Crippen molar-refractivity contribution in [1.82, 2.24) is 14.5 Å². The Morgan fingerprint density at radius 3 is 3.11 bits per heavy atom. The van der Waals surface area contributed by atoms with E-state index in [9.17, 15) is 4.79 Å². The lowest BCUT2D eigenvalue weighted by atomic mass is 10.1. The topological polar surface area (TPSA) is 57.0 Å². The Balaban J connectivity index is 2.23. The van der Waals surface area contributed by atoms with Crippen molar-refractivity contribution in [1.29, 1.82) is 0 Å². The number of nitrogens with zero attached hydrogens (tertiary/aromatic N) is 3. The van der Waals surface area contributed by atoms with Gasteiger partial charge in [-0.1, -0.05) is 0 Å². The zero-order valence-corrected chi connectivity index (χ0v) is 10.7. The Hall–Kier alpha value is -2.21. The molecule has 1 aliphatic rings. The largest absolute Gasteiger partial charge is 0.478 e. The van der Waals surface area contributed by atoms with Crippen molar-refractivity contribution >= 4 is 22.4 Å². The van der Waals surface area contributed by atoms with Gasteiger partial charge in [0.2, 0.25) is 5.88 Å². The van der Waals surface area contributed by atoms with E-state index in [2.05, 4.69) is 9.97 Å². The lowest BCUT2D eigenvalue weighted by molar-refractivity contribution is 0.338. The minimum Gasteiger partial charge on any atom is -0.478 e. The average molecular weight is 271 g/mol. The van der Waals surface area contributed by atoms with E-state index >= 15 is 0 Å². The Labute approximate surface area is 112 Å². The van der Waals surface area contributed by atoms with Crippen LogP contribution < -0.4 is 10.2 Å². The van der Waals surface area contributed by atoms with Gasteiger partial charge in [0.25, 0.3) is 0 Å². The summed E-state index contributed by atoms with van der Waals surface area (Å²) < 4.78 is 7.47. The molecule has 6 heteroatoms. The van der Waals surface area contributed by atoms with Crippen LogP contribution in [0.1, 0.15) is 5.56 Å². The van der Waals surface area contributed by atoms with Gasteiger partial charge >= 0.3 is 0 Å². The molecule has 5 nitrogen and oxygen atoms in total. The predicted octanol–water partition coefficient (Wildman–Crippen LogP) is 1.78. The molecule has 3 aromatic heterocycles. The maximum atomic E-state index is 12.4. The molecular formula is C13H9N3O2S. The Bertz CT molecular complexity index is 824. The summed E-state index contributed by atoms with van der Waals surface area (Å²) in [5.41, 5.74) is 1.34. The van der Waals surface area contributed by atoms with Gasteiger partial charge in [-0.25, -0.2) is 14.5 Å². The van der Waals surface area contributed by atoms with Crippen LogP contribution in [-0.4, -0.2) is 21.1 Å². The summed E-state index contributed by atoms with van der Waals surface area (Å²) in [6.07, 6.45) is 4.05. The maximum absolute atomic E-state index is 12.4. The molecule has 19 heavy (non-hydrogen) atoms. The molecule has 0 saturated carbocycles. The van der Waals surface area contributed by atoms with Crippen LogP contribution in [-0.2, 0) is 6.42 Å². The van der Waals surface area contributed by atoms with Crippen LogP contribution in [0.5, 0.6) is 5.88 Å². The molecule has 1 aliphatic heterocycles. The van der Waals surface area contributed by atoms with Gasteiger partial charge in [-0.2, -0.15) is 0 Å². The lowest BCUT2D eigenvalue weighted by Crippen LogP contribution is -2.13.